The zero-order valence-electron chi connectivity index (χ0n) is 12.4. The Kier molecular flexibility index (Phi) is 5.76. The second-order valence-electron chi connectivity index (χ2n) is 4.47. The van der Waals surface area contributed by atoms with Gasteiger partial charge in [-0.15, -0.1) is 0 Å². The first kappa shape index (κ1) is 16.7. The predicted molar refractivity (Wildman–Crippen MR) is 92.3 cm³/mol. The molecular weight excluding hydrogens is 398 g/mol. The van der Waals surface area contributed by atoms with Crippen LogP contribution in [0.1, 0.15) is 24.2 Å². The molecule has 0 bridgehead atoms. The van der Waals surface area contributed by atoms with Crippen molar-refractivity contribution in [2.24, 2.45) is 0 Å². The first-order valence-electron chi connectivity index (χ1n) is 6.95. The summed E-state index contributed by atoms with van der Waals surface area (Å²) in [7, 11) is 0. The van der Waals surface area contributed by atoms with Gasteiger partial charge in [0.2, 0.25) is 0 Å². The third kappa shape index (κ3) is 3.40. The highest BCUT2D eigenvalue weighted by Gasteiger charge is 2.20. The normalized spacial score (nSPS) is 10.4. The van der Waals surface area contributed by atoms with Crippen LogP contribution in [0.15, 0.2) is 30.3 Å². The zero-order valence-corrected chi connectivity index (χ0v) is 14.5. The van der Waals surface area contributed by atoms with Crippen molar-refractivity contribution in [3.05, 3.63) is 45.3 Å². The highest BCUT2D eigenvalue weighted by Crippen LogP contribution is 2.43. The van der Waals surface area contributed by atoms with Gasteiger partial charge in [-0.05, 0) is 60.2 Å². The molecule has 0 unspecified atom stereocenters. The Balaban J connectivity index is 2.74. The smallest absolute Gasteiger partial charge is 0.151 e. The van der Waals surface area contributed by atoms with E-state index in [2.05, 4.69) is 22.6 Å². The summed E-state index contributed by atoms with van der Waals surface area (Å²) in [4.78, 5) is 11.3. The van der Waals surface area contributed by atoms with Gasteiger partial charge < -0.3 is 9.47 Å². The fourth-order valence-corrected chi connectivity index (χ4v) is 2.86. The van der Waals surface area contributed by atoms with Crippen LogP contribution in [-0.2, 0) is 0 Å². The largest absolute Gasteiger partial charge is 0.493 e. The first-order chi connectivity index (χ1) is 10.6. The Bertz CT molecular complexity index is 669. The molecule has 0 aromatic heterocycles. The van der Waals surface area contributed by atoms with Gasteiger partial charge in [0.1, 0.15) is 17.3 Å². The number of halogens is 2. The van der Waals surface area contributed by atoms with Gasteiger partial charge in [0.25, 0.3) is 0 Å². The summed E-state index contributed by atoms with van der Waals surface area (Å²) in [5.41, 5.74) is 2.03. The maximum absolute atomic E-state index is 13.2. The van der Waals surface area contributed by atoms with Crippen LogP contribution in [0, 0.1) is 9.39 Å². The summed E-state index contributed by atoms with van der Waals surface area (Å²) >= 11 is 2.08. The molecule has 0 saturated carbocycles. The molecule has 0 fully saturated rings. The van der Waals surface area contributed by atoms with E-state index in [1.54, 1.807) is 18.2 Å². The molecule has 0 N–H and O–H groups in total. The number of benzene rings is 2. The number of rotatable bonds is 6. The van der Waals surface area contributed by atoms with E-state index in [0.29, 0.717) is 30.3 Å². The van der Waals surface area contributed by atoms with E-state index in [9.17, 15) is 9.18 Å². The van der Waals surface area contributed by atoms with Gasteiger partial charge in [-0.3, -0.25) is 4.79 Å². The van der Waals surface area contributed by atoms with Crippen LogP contribution in [0.2, 0.25) is 0 Å². The number of carbonyl (C=O) groups is 1. The Labute approximate surface area is 142 Å². The minimum atomic E-state index is -0.307. The summed E-state index contributed by atoms with van der Waals surface area (Å²) in [6.07, 6.45) is 0.779. The van der Waals surface area contributed by atoms with E-state index in [1.807, 2.05) is 13.8 Å². The van der Waals surface area contributed by atoms with E-state index < -0.39 is 0 Å². The number of ether oxygens (including phenoxy) is 2. The average Bonchev–Trinajstić information content (AvgIpc) is 2.52. The Morgan fingerprint density at radius 3 is 2.32 bits per heavy atom. The number of hydrogen-bond acceptors (Lipinski definition) is 3. The topological polar surface area (TPSA) is 35.5 Å². The van der Waals surface area contributed by atoms with Gasteiger partial charge in [0.05, 0.1) is 22.3 Å². The molecule has 116 valence electrons. The number of hydrogen-bond donors (Lipinski definition) is 0. The van der Waals surface area contributed by atoms with Crippen molar-refractivity contribution in [3.63, 3.8) is 0 Å². The van der Waals surface area contributed by atoms with Gasteiger partial charge in [-0.25, -0.2) is 4.39 Å². The number of aldehydes is 1. The monoisotopic (exact) mass is 414 g/mol. The molecule has 0 amide bonds. The summed E-state index contributed by atoms with van der Waals surface area (Å²) in [6.45, 7) is 4.66. The molecule has 0 spiro atoms. The SMILES string of the molecule is CCOc1cc(C=O)c(I)c(OCC)c1-c1ccc(F)cc1. The first-order valence-corrected chi connectivity index (χ1v) is 8.03. The Morgan fingerprint density at radius 1 is 1.14 bits per heavy atom. The summed E-state index contributed by atoms with van der Waals surface area (Å²) in [5, 5.41) is 0. The van der Waals surface area contributed by atoms with Crippen molar-refractivity contribution >= 4 is 28.9 Å². The van der Waals surface area contributed by atoms with Crippen molar-refractivity contribution in [1.29, 1.82) is 0 Å². The molecule has 22 heavy (non-hydrogen) atoms. The highest BCUT2D eigenvalue weighted by atomic mass is 127. The van der Waals surface area contributed by atoms with Crippen molar-refractivity contribution in [2.75, 3.05) is 13.2 Å². The molecule has 0 aliphatic rings. The molecule has 0 aliphatic carbocycles. The molecule has 0 atom stereocenters. The lowest BCUT2D eigenvalue weighted by atomic mass is 10.0. The van der Waals surface area contributed by atoms with E-state index in [0.717, 1.165) is 21.0 Å². The van der Waals surface area contributed by atoms with Gasteiger partial charge in [0, 0.05) is 5.56 Å². The fourth-order valence-electron chi connectivity index (χ4n) is 2.15. The molecule has 5 heteroatoms. The molecule has 0 radical (unpaired) electrons. The van der Waals surface area contributed by atoms with Crippen LogP contribution >= 0.6 is 22.6 Å². The minimum Gasteiger partial charge on any atom is -0.493 e. The quantitative estimate of drug-likeness (QED) is 0.508. The van der Waals surface area contributed by atoms with Crippen LogP contribution in [0.25, 0.3) is 11.1 Å². The molecule has 2 aromatic carbocycles. The van der Waals surface area contributed by atoms with Gasteiger partial charge in [-0.1, -0.05) is 12.1 Å². The van der Waals surface area contributed by atoms with Gasteiger partial charge in [-0.2, -0.15) is 0 Å². The Morgan fingerprint density at radius 2 is 1.77 bits per heavy atom. The molecular formula is C17H16FIO3. The minimum absolute atomic E-state index is 0.307. The van der Waals surface area contributed by atoms with Crippen LogP contribution < -0.4 is 9.47 Å². The lowest BCUT2D eigenvalue weighted by Crippen LogP contribution is -2.04. The highest BCUT2D eigenvalue weighted by molar-refractivity contribution is 14.1. The zero-order chi connectivity index (χ0) is 16.1. The van der Waals surface area contributed by atoms with Crippen LogP contribution in [0.3, 0.4) is 0 Å². The molecule has 2 aromatic rings. The second-order valence-corrected chi connectivity index (χ2v) is 5.55. The molecule has 0 saturated heterocycles. The van der Waals surface area contributed by atoms with Crippen LogP contribution in [0.5, 0.6) is 11.5 Å². The fraction of sp³-hybridized carbons (Fsp3) is 0.235. The van der Waals surface area contributed by atoms with Gasteiger partial charge in [0.15, 0.2) is 6.29 Å². The van der Waals surface area contributed by atoms with Crippen molar-refractivity contribution in [3.8, 4) is 22.6 Å². The van der Waals surface area contributed by atoms with Crippen molar-refractivity contribution in [2.45, 2.75) is 13.8 Å². The predicted octanol–water partition coefficient (Wildman–Crippen LogP) is 4.71. The summed E-state index contributed by atoms with van der Waals surface area (Å²) < 4.78 is 25.3. The molecule has 3 nitrogen and oxygen atoms in total. The Hall–Kier alpha value is -1.63. The van der Waals surface area contributed by atoms with Crippen molar-refractivity contribution < 1.29 is 18.7 Å². The lowest BCUT2D eigenvalue weighted by molar-refractivity contribution is 0.112. The van der Waals surface area contributed by atoms with Crippen LogP contribution in [-0.4, -0.2) is 19.5 Å². The van der Waals surface area contributed by atoms with E-state index in [4.69, 9.17) is 9.47 Å². The standard InChI is InChI=1S/C17H16FIO3/c1-3-21-14-9-12(10-20)16(19)17(22-4-2)15(14)11-5-7-13(18)8-6-11/h5-10H,3-4H2,1-2H3. The maximum atomic E-state index is 13.2. The third-order valence-corrected chi connectivity index (χ3v) is 4.17. The van der Waals surface area contributed by atoms with E-state index >= 15 is 0 Å². The third-order valence-electron chi connectivity index (χ3n) is 3.06. The summed E-state index contributed by atoms with van der Waals surface area (Å²) in [5.74, 6) is 0.835. The average molecular weight is 414 g/mol. The van der Waals surface area contributed by atoms with Gasteiger partial charge >= 0.3 is 0 Å². The van der Waals surface area contributed by atoms with Crippen molar-refractivity contribution in [1.82, 2.24) is 0 Å². The second kappa shape index (κ2) is 7.58. The molecule has 0 heterocycles. The number of carbonyl (C=O) groups excluding carboxylic acids is 1. The van der Waals surface area contributed by atoms with E-state index in [-0.39, 0.29) is 5.82 Å². The lowest BCUT2D eigenvalue weighted by Gasteiger charge is -2.18. The van der Waals surface area contributed by atoms with E-state index in [1.165, 1.54) is 12.1 Å². The van der Waals surface area contributed by atoms with Crippen LogP contribution in [0.4, 0.5) is 4.39 Å². The maximum Gasteiger partial charge on any atom is 0.151 e. The summed E-state index contributed by atoms with van der Waals surface area (Å²) in [6, 6.07) is 7.82. The molecule has 2 rings (SSSR count). The molecule has 0 aliphatic heterocycles.